The molecule has 0 bridgehead atoms. The summed E-state index contributed by atoms with van der Waals surface area (Å²) in [5.41, 5.74) is 2.36. The van der Waals surface area contributed by atoms with E-state index in [2.05, 4.69) is 22.6 Å². The van der Waals surface area contributed by atoms with Gasteiger partial charge in [0.1, 0.15) is 22.8 Å². The molecule has 0 radical (unpaired) electrons. The van der Waals surface area contributed by atoms with E-state index in [1.54, 1.807) is 20.2 Å². The fourth-order valence-electron chi connectivity index (χ4n) is 5.21. The Morgan fingerprint density at radius 1 is 1.23 bits per heavy atom. The molecule has 164 valence electrons. The number of fused-ring (bicyclic) bond motifs is 3. The second-order valence-electron chi connectivity index (χ2n) is 8.38. The van der Waals surface area contributed by atoms with Crippen LogP contribution < -0.4 is 5.73 Å². The number of nitrogens with two attached hydrogens (primary N) is 1. The lowest BCUT2D eigenvalue weighted by Gasteiger charge is -2.50. The normalized spacial score (nSPS) is 30.3. The van der Waals surface area contributed by atoms with Crippen molar-refractivity contribution in [2.45, 2.75) is 24.5 Å². The molecular weight excluding hydrogens is 519 g/mol. The number of ketones is 2. The van der Waals surface area contributed by atoms with E-state index in [4.69, 9.17) is 5.73 Å². The first kappa shape index (κ1) is 21.8. The number of primary amides is 1. The number of Topliss-reactive ketones (excluding diaryl/α,β-unsaturated/α-hetero) is 2. The van der Waals surface area contributed by atoms with Crippen molar-refractivity contribution in [3.63, 3.8) is 0 Å². The first-order chi connectivity index (χ1) is 14.4. The van der Waals surface area contributed by atoms with Crippen LogP contribution in [0.4, 0.5) is 0 Å². The minimum atomic E-state index is -2.61. The minimum absolute atomic E-state index is 0.0210. The van der Waals surface area contributed by atoms with Crippen molar-refractivity contribution in [3.05, 3.63) is 49.5 Å². The van der Waals surface area contributed by atoms with Crippen molar-refractivity contribution < 1.29 is 34.8 Å². The summed E-state index contributed by atoms with van der Waals surface area (Å²) in [6.07, 6.45) is 0.374. The maximum atomic E-state index is 13.3. The number of halogens is 1. The molecular formula is C21H21IN2O7. The van der Waals surface area contributed by atoms with Crippen LogP contribution in [0.15, 0.2) is 34.8 Å². The Bertz CT molecular complexity index is 1120. The van der Waals surface area contributed by atoms with Gasteiger partial charge in [0.2, 0.25) is 5.78 Å². The van der Waals surface area contributed by atoms with Crippen LogP contribution in [0.3, 0.4) is 0 Å². The summed E-state index contributed by atoms with van der Waals surface area (Å²) in [5.74, 6) is -6.43. The van der Waals surface area contributed by atoms with Crippen LogP contribution in [0.2, 0.25) is 0 Å². The van der Waals surface area contributed by atoms with E-state index in [-0.39, 0.29) is 23.3 Å². The zero-order valence-electron chi connectivity index (χ0n) is 16.7. The zero-order valence-corrected chi connectivity index (χ0v) is 18.9. The van der Waals surface area contributed by atoms with Gasteiger partial charge < -0.3 is 26.2 Å². The Hall–Kier alpha value is -2.44. The number of phenolic OH excluding ortho intramolecular Hbond substituents is 1. The van der Waals surface area contributed by atoms with Crippen molar-refractivity contribution in [2.75, 3.05) is 14.1 Å². The lowest BCUT2D eigenvalue weighted by molar-refractivity contribution is -0.148. The SMILES string of the molecule is CN(C)[C@H]1C(O)=C(C(N)=O)C(=O)[C@]2(O)C(O)=C3C(=O)c4c(O)ccc(I)c4C[C@@H]3C[C@H]12. The average molecular weight is 540 g/mol. The largest absolute Gasteiger partial charge is 0.510 e. The predicted molar refractivity (Wildman–Crippen MR) is 116 cm³/mol. The number of aromatic hydroxyl groups is 1. The van der Waals surface area contributed by atoms with Crippen LogP contribution in [-0.2, 0) is 16.0 Å². The van der Waals surface area contributed by atoms with Gasteiger partial charge in [0.15, 0.2) is 11.4 Å². The molecule has 0 aromatic heterocycles. The van der Waals surface area contributed by atoms with Crippen molar-refractivity contribution >= 4 is 40.1 Å². The second kappa shape index (κ2) is 7.04. The van der Waals surface area contributed by atoms with E-state index in [1.807, 2.05) is 0 Å². The summed E-state index contributed by atoms with van der Waals surface area (Å²) in [6.45, 7) is 0. The van der Waals surface area contributed by atoms with Crippen molar-refractivity contribution in [1.29, 1.82) is 0 Å². The molecule has 3 aliphatic carbocycles. The van der Waals surface area contributed by atoms with Crippen LogP contribution >= 0.6 is 22.6 Å². The Morgan fingerprint density at radius 3 is 2.45 bits per heavy atom. The lowest BCUT2D eigenvalue weighted by atomic mass is 9.58. The standard InChI is InChI=1S/C21H21IN2O7/c1-24(2)15-9-6-7-5-8-10(22)3-4-11(25)13(8)16(26)12(7)18(28)21(9,31)19(29)14(17(15)27)20(23)30/h3-4,7,9,15,25,27-28,31H,5-6H2,1-2H3,(H2,23,30)/t7-,9-,15-,21-/m1/s1. The van der Waals surface area contributed by atoms with Crippen LogP contribution in [0.25, 0.3) is 0 Å². The summed E-state index contributed by atoms with van der Waals surface area (Å²) >= 11 is 2.06. The number of nitrogens with zero attached hydrogens (tertiary/aromatic N) is 1. The highest BCUT2D eigenvalue weighted by molar-refractivity contribution is 14.1. The average Bonchev–Trinajstić information content (AvgIpc) is 2.67. The molecule has 0 heterocycles. The number of amides is 1. The first-order valence-corrected chi connectivity index (χ1v) is 10.7. The highest BCUT2D eigenvalue weighted by Gasteiger charge is 2.63. The van der Waals surface area contributed by atoms with Gasteiger partial charge in [-0.2, -0.15) is 0 Å². The highest BCUT2D eigenvalue weighted by Crippen LogP contribution is 2.52. The van der Waals surface area contributed by atoms with Crippen LogP contribution in [-0.4, -0.2) is 68.5 Å². The quantitative estimate of drug-likeness (QED) is 0.271. The van der Waals surface area contributed by atoms with Gasteiger partial charge >= 0.3 is 0 Å². The molecule has 0 saturated carbocycles. The van der Waals surface area contributed by atoms with E-state index < -0.39 is 58.0 Å². The molecule has 1 aromatic carbocycles. The number of hydrogen-bond donors (Lipinski definition) is 5. The van der Waals surface area contributed by atoms with Gasteiger partial charge in [-0.3, -0.25) is 19.3 Å². The third-order valence-electron chi connectivity index (χ3n) is 6.55. The zero-order chi connectivity index (χ0) is 23.0. The Labute approximate surface area is 191 Å². The molecule has 0 saturated heterocycles. The monoisotopic (exact) mass is 540 g/mol. The molecule has 0 aliphatic heterocycles. The van der Waals surface area contributed by atoms with Gasteiger partial charge in [-0.05, 0) is 73.1 Å². The number of carbonyl (C=O) groups excluding carboxylic acids is 3. The number of carbonyl (C=O) groups is 3. The van der Waals surface area contributed by atoms with Gasteiger partial charge in [0.05, 0.1) is 11.6 Å². The summed E-state index contributed by atoms with van der Waals surface area (Å²) in [4.78, 5) is 39.8. The van der Waals surface area contributed by atoms with Crippen molar-refractivity contribution in [3.8, 4) is 5.75 Å². The molecule has 0 spiro atoms. The van der Waals surface area contributed by atoms with E-state index in [0.717, 1.165) is 3.57 Å². The maximum absolute atomic E-state index is 13.3. The topological polar surface area (TPSA) is 161 Å². The van der Waals surface area contributed by atoms with Crippen LogP contribution in [0.5, 0.6) is 5.75 Å². The highest BCUT2D eigenvalue weighted by atomic mass is 127. The van der Waals surface area contributed by atoms with Gasteiger partial charge in [0, 0.05) is 15.1 Å². The second-order valence-corrected chi connectivity index (χ2v) is 9.55. The number of rotatable bonds is 2. The molecule has 4 rings (SSSR count). The first-order valence-electron chi connectivity index (χ1n) is 9.58. The number of benzene rings is 1. The molecule has 9 nitrogen and oxygen atoms in total. The van der Waals surface area contributed by atoms with E-state index in [1.165, 1.54) is 11.0 Å². The van der Waals surface area contributed by atoms with Gasteiger partial charge in [-0.1, -0.05) is 0 Å². The number of allylic oxidation sites excluding steroid dienone is 1. The molecule has 1 amide bonds. The number of likely N-dealkylation sites (N-methyl/N-ethyl adjacent to an activating group) is 1. The van der Waals surface area contributed by atoms with Crippen molar-refractivity contribution in [1.82, 2.24) is 4.90 Å². The summed E-state index contributed by atoms with van der Waals surface area (Å²) < 4.78 is 0.765. The molecule has 0 unspecified atom stereocenters. The Kier molecular flexibility index (Phi) is 4.94. The summed E-state index contributed by atoms with van der Waals surface area (Å²) in [5, 5.41) is 43.5. The van der Waals surface area contributed by atoms with E-state index in [0.29, 0.717) is 12.0 Å². The third-order valence-corrected chi connectivity index (χ3v) is 7.56. The number of hydrogen-bond acceptors (Lipinski definition) is 8. The molecule has 31 heavy (non-hydrogen) atoms. The molecule has 4 atom stereocenters. The third kappa shape index (κ3) is 2.77. The van der Waals surface area contributed by atoms with Crippen LogP contribution in [0.1, 0.15) is 22.3 Å². The molecule has 10 heteroatoms. The van der Waals surface area contributed by atoms with Gasteiger partial charge in [0.25, 0.3) is 5.91 Å². The lowest BCUT2D eigenvalue weighted by Crippen LogP contribution is -2.63. The molecule has 3 aliphatic rings. The summed E-state index contributed by atoms with van der Waals surface area (Å²) in [6, 6.07) is 2.06. The molecule has 1 aromatic rings. The van der Waals surface area contributed by atoms with E-state index >= 15 is 0 Å². The summed E-state index contributed by atoms with van der Waals surface area (Å²) in [7, 11) is 3.18. The minimum Gasteiger partial charge on any atom is -0.510 e. The fraction of sp³-hybridized carbons (Fsp3) is 0.381. The van der Waals surface area contributed by atoms with Gasteiger partial charge in [-0.25, -0.2) is 0 Å². The number of aliphatic hydroxyl groups is 3. The van der Waals surface area contributed by atoms with E-state index in [9.17, 15) is 34.8 Å². The number of aliphatic hydroxyl groups excluding tert-OH is 2. The predicted octanol–water partition coefficient (Wildman–Crippen LogP) is 0.725. The fourth-order valence-corrected chi connectivity index (χ4v) is 5.88. The molecule has 0 fully saturated rings. The number of phenols is 1. The Morgan fingerprint density at radius 2 is 1.87 bits per heavy atom. The van der Waals surface area contributed by atoms with Gasteiger partial charge in [-0.15, -0.1) is 0 Å². The Balaban J connectivity index is 1.98. The smallest absolute Gasteiger partial charge is 0.255 e. The van der Waals surface area contributed by atoms with Crippen molar-refractivity contribution in [2.24, 2.45) is 17.6 Å². The maximum Gasteiger partial charge on any atom is 0.255 e. The van der Waals surface area contributed by atoms with Crippen LogP contribution in [0, 0.1) is 15.4 Å². The molecule has 6 N–H and O–H groups in total.